The lowest BCUT2D eigenvalue weighted by Gasteiger charge is -2.18. The maximum Gasteiger partial charge on any atom is 0.196 e. The van der Waals surface area contributed by atoms with Crippen molar-refractivity contribution in [2.24, 2.45) is 4.99 Å². The van der Waals surface area contributed by atoms with Gasteiger partial charge in [0, 0.05) is 37.1 Å². The van der Waals surface area contributed by atoms with Gasteiger partial charge >= 0.3 is 0 Å². The van der Waals surface area contributed by atoms with Gasteiger partial charge in [0.25, 0.3) is 0 Å². The van der Waals surface area contributed by atoms with Crippen molar-refractivity contribution in [1.82, 2.24) is 5.32 Å². The minimum Gasteiger partial charge on any atom is -0.493 e. The van der Waals surface area contributed by atoms with Gasteiger partial charge in [-0.05, 0) is 43.7 Å². The van der Waals surface area contributed by atoms with Crippen LogP contribution < -0.4 is 25.0 Å². The molecule has 0 saturated heterocycles. The van der Waals surface area contributed by atoms with Gasteiger partial charge in [-0.2, -0.15) is 0 Å². The van der Waals surface area contributed by atoms with Crippen LogP contribution in [0.3, 0.4) is 0 Å². The Morgan fingerprint density at radius 3 is 2.62 bits per heavy atom. The highest BCUT2D eigenvalue weighted by Gasteiger charge is 2.09. The third kappa shape index (κ3) is 5.67. The van der Waals surface area contributed by atoms with Gasteiger partial charge in [-0.1, -0.05) is 24.3 Å². The fraction of sp³-hybridized carbons (Fsp3) is 0.348. The van der Waals surface area contributed by atoms with Crippen LogP contribution in [-0.4, -0.2) is 39.3 Å². The van der Waals surface area contributed by atoms with Gasteiger partial charge in [-0.3, -0.25) is 0 Å². The summed E-state index contributed by atoms with van der Waals surface area (Å²) in [4.78, 5) is 7.09. The van der Waals surface area contributed by atoms with Gasteiger partial charge in [0.05, 0.1) is 20.3 Å². The quantitative estimate of drug-likeness (QED) is 0.402. The van der Waals surface area contributed by atoms with Gasteiger partial charge in [0.15, 0.2) is 17.5 Å². The first-order valence-corrected chi connectivity index (χ1v) is 10.1. The molecule has 0 atom stereocenters. The summed E-state index contributed by atoms with van der Waals surface area (Å²) in [5.41, 5.74) is 3.30. The Morgan fingerprint density at radius 1 is 1.07 bits per heavy atom. The lowest BCUT2D eigenvalue weighted by atomic mass is 10.2. The standard InChI is InChI=1S/C23H30N4O2/c1-4-24-23(26-19-11-12-21(28-3)22(16-19)29-5-2)25-17-18-9-8-10-20(15-18)27-13-6-7-14-27/h6-12,15-16H,4-5,13-14,17H2,1-3H3,(H2,24,25,26). The van der Waals surface area contributed by atoms with Gasteiger partial charge in [0.1, 0.15) is 0 Å². The van der Waals surface area contributed by atoms with E-state index in [0.717, 1.165) is 31.3 Å². The highest BCUT2D eigenvalue weighted by atomic mass is 16.5. The van der Waals surface area contributed by atoms with Crippen molar-refractivity contribution in [1.29, 1.82) is 0 Å². The molecule has 1 aliphatic rings. The number of nitrogens with one attached hydrogen (secondary N) is 2. The Morgan fingerprint density at radius 2 is 1.90 bits per heavy atom. The van der Waals surface area contributed by atoms with Crippen LogP contribution in [-0.2, 0) is 6.54 Å². The van der Waals surface area contributed by atoms with E-state index < -0.39 is 0 Å². The Labute approximate surface area is 173 Å². The summed E-state index contributed by atoms with van der Waals surface area (Å²) in [6.07, 6.45) is 4.40. The first-order chi connectivity index (χ1) is 14.2. The molecule has 154 valence electrons. The van der Waals surface area contributed by atoms with Crippen molar-refractivity contribution in [3.05, 3.63) is 60.2 Å². The fourth-order valence-electron chi connectivity index (χ4n) is 3.18. The largest absolute Gasteiger partial charge is 0.493 e. The number of guanidine groups is 1. The molecule has 0 amide bonds. The molecule has 0 bridgehead atoms. The first kappa shape index (κ1) is 20.6. The smallest absolute Gasteiger partial charge is 0.196 e. The zero-order valence-electron chi connectivity index (χ0n) is 17.4. The Kier molecular flexibility index (Phi) is 7.39. The monoisotopic (exact) mass is 394 g/mol. The number of nitrogens with zero attached hydrogens (tertiary/aromatic N) is 2. The lowest BCUT2D eigenvalue weighted by molar-refractivity contribution is 0.311. The molecule has 29 heavy (non-hydrogen) atoms. The summed E-state index contributed by atoms with van der Waals surface area (Å²) in [5, 5.41) is 6.65. The summed E-state index contributed by atoms with van der Waals surface area (Å²) < 4.78 is 11.0. The average Bonchev–Trinajstić information content (AvgIpc) is 3.28. The molecule has 2 aromatic rings. The maximum absolute atomic E-state index is 5.67. The summed E-state index contributed by atoms with van der Waals surface area (Å²) in [6.45, 7) is 7.90. The van der Waals surface area contributed by atoms with E-state index in [1.807, 2.05) is 25.1 Å². The average molecular weight is 395 g/mol. The van der Waals surface area contributed by atoms with E-state index in [0.29, 0.717) is 24.7 Å². The third-order valence-corrected chi connectivity index (χ3v) is 4.58. The van der Waals surface area contributed by atoms with Crippen LogP contribution in [0, 0.1) is 0 Å². The molecule has 0 spiro atoms. The normalized spacial score (nSPS) is 13.5. The lowest BCUT2D eigenvalue weighted by Crippen LogP contribution is -2.30. The highest BCUT2D eigenvalue weighted by molar-refractivity contribution is 5.93. The number of benzene rings is 2. The van der Waals surface area contributed by atoms with Crippen LogP contribution in [0.25, 0.3) is 0 Å². The zero-order valence-corrected chi connectivity index (χ0v) is 17.4. The minimum absolute atomic E-state index is 0.580. The first-order valence-electron chi connectivity index (χ1n) is 10.1. The summed E-state index contributed by atoms with van der Waals surface area (Å²) in [5.74, 6) is 2.16. The number of ether oxygens (including phenoxy) is 2. The minimum atomic E-state index is 0.580. The van der Waals surface area contributed by atoms with Crippen molar-refractivity contribution < 1.29 is 9.47 Å². The van der Waals surface area contributed by atoms with Crippen molar-refractivity contribution in [3.8, 4) is 11.5 Å². The topological polar surface area (TPSA) is 58.1 Å². The molecule has 1 aliphatic heterocycles. The molecule has 0 unspecified atom stereocenters. The van der Waals surface area contributed by atoms with Crippen LogP contribution in [0.2, 0.25) is 0 Å². The SMILES string of the molecule is CCNC(=NCc1cccc(N2CC=CC2)c1)Nc1ccc(OC)c(OCC)c1. The van der Waals surface area contributed by atoms with Crippen LogP contribution >= 0.6 is 0 Å². The van der Waals surface area contributed by atoms with E-state index >= 15 is 0 Å². The van der Waals surface area contributed by atoms with E-state index in [1.54, 1.807) is 7.11 Å². The molecule has 2 aromatic carbocycles. The summed E-state index contributed by atoms with van der Waals surface area (Å²) in [7, 11) is 1.64. The summed E-state index contributed by atoms with van der Waals surface area (Å²) >= 11 is 0. The van der Waals surface area contributed by atoms with Crippen molar-refractivity contribution in [2.45, 2.75) is 20.4 Å². The van der Waals surface area contributed by atoms with Crippen molar-refractivity contribution in [2.75, 3.05) is 43.6 Å². The molecule has 0 aromatic heterocycles. The molecule has 0 fully saturated rings. The van der Waals surface area contributed by atoms with E-state index in [9.17, 15) is 0 Å². The predicted octanol–water partition coefficient (Wildman–Crippen LogP) is 4.05. The van der Waals surface area contributed by atoms with Crippen LogP contribution in [0.4, 0.5) is 11.4 Å². The highest BCUT2D eigenvalue weighted by Crippen LogP contribution is 2.30. The maximum atomic E-state index is 5.67. The fourth-order valence-corrected chi connectivity index (χ4v) is 3.18. The number of aliphatic imine (C=N–C) groups is 1. The number of hydrogen-bond acceptors (Lipinski definition) is 4. The molecule has 0 aliphatic carbocycles. The third-order valence-electron chi connectivity index (χ3n) is 4.58. The summed E-state index contributed by atoms with van der Waals surface area (Å²) in [6, 6.07) is 14.3. The Bertz CT molecular complexity index is 856. The molecule has 1 heterocycles. The van der Waals surface area contributed by atoms with E-state index in [1.165, 1.54) is 11.3 Å². The second kappa shape index (κ2) is 10.4. The molecular formula is C23H30N4O2. The molecule has 0 saturated carbocycles. The second-order valence-electron chi connectivity index (χ2n) is 6.67. The molecule has 3 rings (SSSR count). The van der Waals surface area contributed by atoms with Gasteiger partial charge in [-0.15, -0.1) is 0 Å². The van der Waals surface area contributed by atoms with E-state index in [-0.39, 0.29) is 0 Å². The van der Waals surface area contributed by atoms with Gasteiger partial charge in [0.2, 0.25) is 0 Å². The van der Waals surface area contributed by atoms with E-state index in [4.69, 9.17) is 14.5 Å². The van der Waals surface area contributed by atoms with E-state index in [2.05, 4.69) is 58.9 Å². The number of methoxy groups -OCH3 is 1. The predicted molar refractivity (Wildman–Crippen MR) is 120 cm³/mol. The Hall–Kier alpha value is -3.15. The van der Waals surface area contributed by atoms with Crippen molar-refractivity contribution >= 4 is 17.3 Å². The molecule has 6 nitrogen and oxygen atoms in total. The van der Waals surface area contributed by atoms with Crippen LogP contribution in [0.5, 0.6) is 11.5 Å². The molecule has 0 radical (unpaired) electrons. The number of anilines is 2. The van der Waals surface area contributed by atoms with Crippen LogP contribution in [0.1, 0.15) is 19.4 Å². The molecule has 2 N–H and O–H groups in total. The molecular weight excluding hydrogens is 364 g/mol. The zero-order chi connectivity index (χ0) is 20.5. The van der Waals surface area contributed by atoms with Gasteiger partial charge in [-0.25, -0.2) is 4.99 Å². The number of hydrogen-bond donors (Lipinski definition) is 2. The van der Waals surface area contributed by atoms with Crippen LogP contribution in [0.15, 0.2) is 59.6 Å². The molecule has 6 heteroatoms. The van der Waals surface area contributed by atoms with Gasteiger partial charge < -0.3 is 25.0 Å². The second-order valence-corrected chi connectivity index (χ2v) is 6.67. The number of rotatable bonds is 8. The van der Waals surface area contributed by atoms with Crippen molar-refractivity contribution in [3.63, 3.8) is 0 Å². The Balaban J connectivity index is 1.72.